The largest absolute Gasteiger partial charge is 0.460 e. The van der Waals surface area contributed by atoms with Crippen molar-refractivity contribution >= 4 is 11.7 Å². The summed E-state index contributed by atoms with van der Waals surface area (Å²) in [6.07, 6.45) is 2.53. The molecule has 1 unspecified atom stereocenters. The maximum atomic E-state index is 12.7. The van der Waals surface area contributed by atoms with Crippen molar-refractivity contribution in [3.05, 3.63) is 77.9 Å². The first-order valence-corrected chi connectivity index (χ1v) is 10.3. The van der Waals surface area contributed by atoms with Crippen molar-refractivity contribution in [1.29, 1.82) is 0 Å². The molecule has 4 heteroatoms. The van der Waals surface area contributed by atoms with E-state index in [1.54, 1.807) is 0 Å². The molecule has 1 fully saturated rings. The summed E-state index contributed by atoms with van der Waals surface area (Å²) < 4.78 is 11.2. The number of rotatable bonds is 6. The summed E-state index contributed by atoms with van der Waals surface area (Å²) in [7, 11) is 0. The molecule has 29 heavy (non-hydrogen) atoms. The van der Waals surface area contributed by atoms with Gasteiger partial charge in [0, 0.05) is 24.7 Å². The monoisotopic (exact) mass is 393 g/mol. The molecule has 1 saturated heterocycles. The predicted octanol–water partition coefficient (Wildman–Crippen LogP) is 4.88. The second-order valence-electron chi connectivity index (χ2n) is 8.33. The smallest absolute Gasteiger partial charge is 0.307 e. The van der Waals surface area contributed by atoms with Gasteiger partial charge in [-0.2, -0.15) is 0 Å². The lowest BCUT2D eigenvalue weighted by Gasteiger charge is -2.32. The zero-order valence-corrected chi connectivity index (χ0v) is 17.6. The van der Waals surface area contributed by atoms with Gasteiger partial charge in [-0.1, -0.05) is 66.7 Å². The molecule has 0 radical (unpaired) electrons. The Balaban J connectivity index is 1.96. The van der Waals surface area contributed by atoms with Crippen LogP contribution in [0.15, 0.2) is 66.7 Å². The lowest BCUT2D eigenvalue weighted by atomic mass is 9.92. The lowest BCUT2D eigenvalue weighted by Crippen LogP contribution is -2.35. The molecule has 1 aliphatic rings. The van der Waals surface area contributed by atoms with Crippen LogP contribution in [-0.2, 0) is 14.3 Å². The van der Waals surface area contributed by atoms with E-state index in [4.69, 9.17) is 9.47 Å². The van der Waals surface area contributed by atoms with Gasteiger partial charge in [-0.15, -0.1) is 0 Å². The summed E-state index contributed by atoms with van der Waals surface area (Å²) in [5.74, 6) is -0.249. The SMILES string of the molecule is CC(C)(C)OC(=O)CC(/C=C(\c1ccccc1)N1CCOCC1)c1ccccc1. The van der Waals surface area contributed by atoms with Crippen molar-refractivity contribution < 1.29 is 14.3 Å². The van der Waals surface area contributed by atoms with E-state index < -0.39 is 5.60 Å². The molecular weight excluding hydrogens is 362 g/mol. The van der Waals surface area contributed by atoms with E-state index in [-0.39, 0.29) is 11.9 Å². The van der Waals surface area contributed by atoms with Crippen LogP contribution in [0.3, 0.4) is 0 Å². The maximum Gasteiger partial charge on any atom is 0.307 e. The molecule has 154 valence electrons. The van der Waals surface area contributed by atoms with Gasteiger partial charge < -0.3 is 14.4 Å². The second kappa shape index (κ2) is 9.75. The number of esters is 1. The van der Waals surface area contributed by atoms with Crippen molar-refractivity contribution in [3.8, 4) is 0 Å². The molecule has 0 bridgehead atoms. The standard InChI is InChI=1S/C25H31NO3/c1-25(2,3)29-24(27)19-22(20-10-6-4-7-11-20)18-23(21-12-8-5-9-13-21)26-14-16-28-17-15-26/h4-13,18,22H,14-17,19H2,1-3H3/b23-18+. The first-order valence-electron chi connectivity index (χ1n) is 10.3. The first kappa shape index (κ1) is 21.1. The average molecular weight is 394 g/mol. The van der Waals surface area contributed by atoms with Gasteiger partial charge in [-0.05, 0) is 31.9 Å². The quantitative estimate of drug-likeness (QED) is 0.656. The van der Waals surface area contributed by atoms with Gasteiger partial charge in [0.2, 0.25) is 0 Å². The van der Waals surface area contributed by atoms with Gasteiger partial charge in [0.05, 0.1) is 19.6 Å². The fraction of sp³-hybridized carbons (Fsp3) is 0.400. The summed E-state index contributed by atoms with van der Waals surface area (Å²) in [5.41, 5.74) is 2.92. The number of benzene rings is 2. The third-order valence-corrected chi connectivity index (χ3v) is 4.81. The minimum Gasteiger partial charge on any atom is -0.460 e. The van der Waals surface area contributed by atoms with Crippen LogP contribution in [0.25, 0.3) is 5.70 Å². The van der Waals surface area contributed by atoms with Gasteiger partial charge in [-0.25, -0.2) is 0 Å². The van der Waals surface area contributed by atoms with Crippen LogP contribution in [0.5, 0.6) is 0 Å². The topological polar surface area (TPSA) is 38.8 Å². The molecule has 4 nitrogen and oxygen atoms in total. The molecule has 0 aliphatic carbocycles. The van der Waals surface area contributed by atoms with Crippen LogP contribution in [0.4, 0.5) is 0 Å². The van der Waals surface area contributed by atoms with E-state index in [1.807, 2.05) is 45.0 Å². The Morgan fingerprint density at radius 2 is 1.62 bits per heavy atom. The number of hydrogen-bond acceptors (Lipinski definition) is 4. The fourth-order valence-electron chi connectivity index (χ4n) is 3.52. The summed E-state index contributed by atoms with van der Waals surface area (Å²) in [6, 6.07) is 20.6. The van der Waals surface area contributed by atoms with Gasteiger partial charge in [0.25, 0.3) is 0 Å². The van der Waals surface area contributed by atoms with Crippen molar-refractivity contribution in [1.82, 2.24) is 4.90 Å². The molecular formula is C25H31NO3. The van der Waals surface area contributed by atoms with Gasteiger partial charge in [0.15, 0.2) is 0 Å². The molecule has 0 spiro atoms. The Labute approximate surface area is 174 Å². The van der Waals surface area contributed by atoms with E-state index in [0.717, 1.165) is 29.9 Å². The highest BCUT2D eigenvalue weighted by Crippen LogP contribution is 2.30. The normalized spacial score (nSPS) is 16.4. The molecule has 2 aromatic carbocycles. The van der Waals surface area contributed by atoms with Gasteiger partial charge >= 0.3 is 5.97 Å². The van der Waals surface area contributed by atoms with Crippen LogP contribution >= 0.6 is 0 Å². The van der Waals surface area contributed by atoms with Crippen molar-refractivity contribution in [3.63, 3.8) is 0 Å². The van der Waals surface area contributed by atoms with Crippen LogP contribution in [0, 0.1) is 0 Å². The number of allylic oxidation sites excluding steroid dienone is 1. The highest BCUT2D eigenvalue weighted by molar-refractivity contribution is 5.73. The molecule has 0 amide bonds. The Kier molecular flexibility index (Phi) is 7.10. The van der Waals surface area contributed by atoms with Crippen LogP contribution in [-0.4, -0.2) is 42.8 Å². The third kappa shape index (κ3) is 6.47. The van der Waals surface area contributed by atoms with E-state index in [1.165, 1.54) is 0 Å². The molecule has 3 rings (SSSR count). The molecule has 0 aromatic heterocycles. The van der Waals surface area contributed by atoms with E-state index in [2.05, 4.69) is 47.4 Å². The lowest BCUT2D eigenvalue weighted by molar-refractivity contribution is -0.155. The highest BCUT2D eigenvalue weighted by atomic mass is 16.6. The number of ether oxygens (including phenoxy) is 2. The number of carbonyl (C=O) groups excluding carboxylic acids is 1. The second-order valence-corrected chi connectivity index (χ2v) is 8.33. The predicted molar refractivity (Wildman–Crippen MR) is 116 cm³/mol. The van der Waals surface area contributed by atoms with E-state index in [9.17, 15) is 4.79 Å². The molecule has 1 heterocycles. The summed E-state index contributed by atoms with van der Waals surface area (Å²) in [6.45, 7) is 8.83. The summed E-state index contributed by atoms with van der Waals surface area (Å²) >= 11 is 0. The molecule has 1 aliphatic heterocycles. The van der Waals surface area contributed by atoms with Crippen molar-refractivity contribution in [2.75, 3.05) is 26.3 Å². The number of carbonyl (C=O) groups is 1. The fourth-order valence-corrected chi connectivity index (χ4v) is 3.52. The number of hydrogen-bond donors (Lipinski definition) is 0. The Morgan fingerprint density at radius 3 is 2.21 bits per heavy atom. The summed E-state index contributed by atoms with van der Waals surface area (Å²) in [4.78, 5) is 15.0. The first-order chi connectivity index (χ1) is 13.9. The number of morpholine rings is 1. The van der Waals surface area contributed by atoms with Crippen LogP contribution in [0.1, 0.15) is 44.2 Å². The van der Waals surface area contributed by atoms with Gasteiger partial charge in [-0.3, -0.25) is 4.79 Å². The molecule has 0 N–H and O–H groups in total. The Bertz CT molecular complexity index is 803. The van der Waals surface area contributed by atoms with E-state index in [0.29, 0.717) is 19.6 Å². The Morgan fingerprint density at radius 1 is 1.03 bits per heavy atom. The molecule has 0 saturated carbocycles. The van der Waals surface area contributed by atoms with Crippen LogP contribution in [0.2, 0.25) is 0 Å². The third-order valence-electron chi connectivity index (χ3n) is 4.81. The molecule has 2 aromatic rings. The summed E-state index contributed by atoms with van der Waals surface area (Å²) in [5, 5.41) is 0. The van der Waals surface area contributed by atoms with Crippen molar-refractivity contribution in [2.24, 2.45) is 0 Å². The van der Waals surface area contributed by atoms with Crippen molar-refractivity contribution in [2.45, 2.75) is 38.7 Å². The minimum absolute atomic E-state index is 0.0656. The maximum absolute atomic E-state index is 12.7. The minimum atomic E-state index is -0.492. The van der Waals surface area contributed by atoms with Gasteiger partial charge in [0.1, 0.15) is 5.60 Å². The van der Waals surface area contributed by atoms with E-state index >= 15 is 0 Å². The number of nitrogens with zero attached hydrogens (tertiary/aromatic N) is 1. The Hall–Kier alpha value is -2.59. The highest BCUT2D eigenvalue weighted by Gasteiger charge is 2.23. The molecule has 1 atom stereocenters. The van der Waals surface area contributed by atoms with Crippen LogP contribution < -0.4 is 0 Å². The zero-order valence-electron chi connectivity index (χ0n) is 17.6. The average Bonchev–Trinajstić information content (AvgIpc) is 2.71. The zero-order chi connectivity index (χ0) is 20.7.